The first-order chi connectivity index (χ1) is 10.5. The predicted molar refractivity (Wildman–Crippen MR) is 97.2 cm³/mol. The molecular formula is C22H26. The van der Waals surface area contributed by atoms with Crippen molar-refractivity contribution < 1.29 is 0 Å². The Balaban J connectivity index is 2.14. The van der Waals surface area contributed by atoms with E-state index in [4.69, 9.17) is 0 Å². The summed E-state index contributed by atoms with van der Waals surface area (Å²) in [5, 5.41) is 0. The Morgan fingerprint density at radius 2 is 1.73 bits per heavy atom. The fourth-order valence-electron chi connectivity index (χ4n) is 3.46. The Kier molecular flexibility index (Phi) is 3.95. The van der Waals surface area contributed by atoms with Crippen LogP contribution in [-0.2, 0) is 6.42 Å². The van der Waals surface area contributed by atoms with Crippen molar-refractivity contribution in [3.8, 4) is 11.1 Å². The van der Waals surface area contributed by atoms with Gasteiger partial charge < -0.3 is 0 Å². The van der Waals surface area contributed by atoms with E-state index >= 15 is 0 Å². The molecule has 0 radical (unpaired) electrons. The summed E-state index contributed by atoms with van der Waals surface area (Å²) in [6.45, 7) is 11.3. The third-order valence-corrected chi connectivity index (χ3v) is 5.51. The molecule has 1 unspecified atom stereocenters. The molecule has 114 valence electrons. The van der Waals surface area contributed by atoms with Crippen molar-refractivity contribution >= 4 is 6.08 Å². The number of allylic oxidation sites excluding steroid dienone is 1. The monoisotopic (exact) mass is 290 g/mol. The van der Waals surface area contributed by atoms with Crippen LogP contribution in [0.25, 0.3) is 17.2 Å². The van der Waals surface area contributed by atoms with E-state index in [-0.39, 0.29) is 0 Å². The van der Waals surface area contributed by atoms with E-state index < -0.39 is 0 Å². The van der Waals surface area contributed by atoms with Gasteiger partial charge in [-0.2, -0.15) is 0 Å². The highest BCUT2D eigenvalue weighted by Crippen LogP contribution is 2.38. The van der Waals surface area contributed by atoms with Gasteiger partial charge in [0.1, 0.15) is 0 Å². The van der Waals surface area contributed by atoms with Crippen molar-refractivity contribution in [2.24, 2.45) is 5.92 Å². The van der Waals surface area contributed by atoms with Gasteiger partial charge in [-0.15, -0.1) is 0 Å². The normalized spacial score (nSPS) is 14.7. The molecule has 0 amide bonds. The molecule has 2 aromatic carbocycles. The highest BCUT2D eigenvalue weighted by molar-refractivity contribution is 5.82. The summed E-state index contributed by atoms with van der Waals surface area (Å²) >= 11 is 0. The number of aryl methyl sites for hydroxylation is 1. The molecule has 0 heterocycles. The average molecular weight is 290 g/mol. The summed E-state index contributed by atoms with van der Waals surface area (Å²) in [5.74, 6) is 0.682. The van der Waals surface area contributed by atoms with Crippen LogP contribution >= 0.6 is 0 Å². The lowest BCUT2D eigenvalue weighted by Gasteiger charge is -2.14. The first-order valence-corrected chi connectivity index (χ1v) is 8.42. The van der Waals surface area contributed by atoms with Crippen LogP contribution in [0.5, 0.6) is 0 Å². The molecule has 0 aliphatic heterocycles. The van der Waals surface area contributed by atoms with Gasteiger partial charge in [-0.05, 0) is 78.5 Å². The second kappa shape index (κ2) is 5.76. The minimum absolute atomic E-state index is 0.682. The van der Waals surface area contributed by atoms with Gasteiger partial charge in [0.15, 0.2) is 0 Å². The maximum atomic E-state index is 2.45. The van der Waals surface area contributed by atoms with Crippen LogP contribution in [0.15, 0.2) is 35.9 Å². The fraction of sp³-hybridized carbons (Fsp3) is 0.364. The highest BCUT2D eigenvalue weighted by Gasteiger charge is 2.20. The minimum Gasteiger partial charge on any atom is -0.0648 e. The predicted octanol–water partition coefficient (Wildman–Crippen LogP) is 6.26. The molecule has 3 rings (SSSR count). The molecule has 0 aromatic heterocycles. The van der Waals surface area contributed by atoms with Gasteiger partial charge in [0.25, 0.3) is 0 Å². The number of benzene rings is 2. The topological polar surface area (TPSA) is 0 Å². The van der Waals surface area contributed by atoms with Crippen LogP contribution in [0.2, 0.25) is 0 Å². The average Bonchev–Trinajstić information content (AvgIpc) is 2.96. The molecule has 2 aromatic rings. The van der Waals surface area contributed by atoms with Crippen LogP contribution in [0.3, 0.4) is 0 Å². The summed E-state index contributed by atoms with van der Waals surface area (Å²) in [4.78, 5) is 0. The van der Waals surface area contributed by atoms with Gasteiger partial charge in [-0.1, -0.05) is 55.8 Å². The number of rotatable bonds is 3. The maximum absolute atomic E-state index is 2.45. The molecule has 1 aliphatic carbocycles. The van der Waals surface area contributed by atoms with E-state index in [0.29, 0.717) is 5.92 Å². The summed E-state index contributed by atoms with van der Waals surface area (Å²) in [6, 6.07) is 11.3. The van der Waals surface area contributed by atoms with E-state index in [1.165, 1.54) is 45.4 Å². The Morgan fingerprint density at radius 1 is 0.955 bits per heavy atom. The van der Waals surface area contributed by atoms with Crippen molar-refractivity contribution in [2.45, 2.75) is 47.5 Å². The van der Waals surface area contributed by atoms with Gasteiger partial charge in [-0.3, -0.25) is 0 Å². The molecule has 1 aliphatic rings. The zero-order chi connectivity index (χ0) is 15.9. The maximum Gasteiger partial charge on any atom is -0.00549 e. The number of fused-ring (bicyclic) bond motifs is 1. The molecule has 22 heavy (non-hydrogen) atoms. The summed E-state index contributed by atoms with van der Waals surface area (Å²) in [6.07, 6.45) is 4.80. The molecule has 0 saturated heterocycles. The van der Waals surface area contributed by atoms with Crippen molar-refractivity contribution in [1.82, 2.24) is 0 Å². The smallest absolute Gasteiger partial charge is 0.00549 e. The van der Waals surface area contributed by atoms with Crippen LogP contribution in [0.1, 0.15) is 48.1 Å². The van der Waals surface area contributed by atoms with Crippen LogP contribution < -0.4 is 0 Å². The van der Waals surface area contributed by atoms with Crippen molar-refractivity contribution in [2.75, 3.05) is 0 Å². The third-order valence-electron chi connectivity index (χ3n) is 5.51. The van der Waals surface area contributed by atoms with Gasteiger partial charge in [-0.25, -0.2) is 0 Å². The molecular weight excluding hydrogens is 264 g/mol. The van der Waals surface area contributed by atoms with E-state index in [1.807, 2.05) is 0 Å². The van der Waals surface area contributed by atoms with Crippen molar-refractivity contribution in [3.63, 3.8) is 0 Å². The molecule has 0 saturated carbocycles. The summed E-state index contributed by atoms with van der Waals surface area (Å²) in [5.41, 5.74) is 11.5. The zero-order valence-corrected chi connectivity index (χ0v) is 14.5. The van der Waals surface area contributed by atoms with E-state index in [9.17, 15) is 0 Å². The van der Waals surface area contributed by atoms with Gasteiger partial charge in [0.05, 0.1) is 0 Å². The number of hydrogen-bond acceptors (Lipinski definition) is 0. The lowest BCUT2D eigenvalue weighted by molar-refractivity contribution is 0.647. The number of hydrogen-bond donors (Lipinski definition) is 0. The Labute approximate surface area is 134 Å². The van der Waals surface area contributed by atoms with E-state index in [0.717, 1.165) is 6.42 Å². The zero-order valence-electron chi connectivity index (χ0n) is 14.5. The Hall–Kier alpha value is -1.82. The standard InChI is InChI=1S/C22H26/c1-6-14(2)19-12-18-8-7-9-21(22(18)13-19)20-11-10-15(3)16(4)17(20)5/h7-11,13-14H,6,12H2,1-5H3. The third kappa shape index (κ3) is 2.41. The lowest BCUT2D eigenvalue weighted by Crippen LogP contribution is -1.97. The second-order valence-electron chi connectivity index (χ2n) is 6.76. The Bertz CT molecular complexity index is 747. The first kappa shape index (κ1) is 15.1. The molecule has 0 bridgehead atoms. The van der Waals surface area contributed by atoms with Crippen LogP contribution in [-0.4, -0.2) is 0 Å². The van der Waals surface area contributed by atoms with E-state index in [1.54, 1.807) is 5.57 Å². The molecule has 0 spiro atoms. The molecule has 0 fully saturated rings. The van der Waals surface area contributed by atoms with Crippen molar-refractivity contribution in [3.05, 3.63) is 63.7 Å². The fourth-order valence-corrected chi connectivity index (χ4v) is 3.46. The lowest BCUT2D eigenvalue weighted by atomic mass is 9.90. The Morgan fingerprint density at radius 3 is 2.45 bits per heavy atom. The molecule has 0 nitrogen and oxygen atoms in total. The van der Waals surface area contributed by atoms with Gasteiger partial charge >= 0.3 is 0 Å². The quantitative estimate of drug-likeness (QED) is 0.625. The molecule has 0 N–H and O–H groups in total. The van der Waals surface area contributed by atoms with E-state index in [2.05, 4.69) is 71.0 Å². The minimum atomic E-state index is 0.682. The molecule has 1 atom stereocenters. The summed E-state index contributed by atoms with van der Waals surface area (Å²) in [7, 11) is 0. The van der Waals surface area contributed by atoms with Crippen molar-refractivity contribution in [1.29, 1.82) is 0 Å². The highest BCUT2D eigenvalue weighted by atomic mass is 14.2. The van der Waals surface area contributed by atoms with Crippen LogP contribution in [0, 0.1) is 26.7 Å². The summed E-state index contributed by atoms with van der Waals surface area (Å²) < 4.78 is 0. The second-order valence-corrected chi connectivity index (χ2v) is 6.76. The largest absolute Gasteiger partial charge is 0.0648 e. The van der Waals surface area contributed by atoms with Gasteiger partial charge in [0.2, 0.25) is 0 Å². The SMILES string of the molecule is CCC(C)C1=Cc2c(cccc2-c2ccc(C)c(C)c2C)C1. The van der Waals surface area contributed by atoms with Crippen LogP contribution in [0.4, 0.5) is 0 Å². The molecule has 0 heteroatoms. The first-order valence-electron chi connectivity index (χ1n) is 8.42. The van der Waals surface area contributed by atoms with Gasteiger partial charge in [0, 0.05) is 0 Å².